The van der Waals surface area contributed by atoms with E-state index < -0.39 is 17.4 Å². The van der Waals surface area contributed by atoms with Gasteiger partial charge in [0.15, 0.2) is 0 Å². The Bertz CT molecular complexity index is 1090. The minimum absolute atomic E-state index is 0.0122. The maximum absolute atomic E-state index is 13.5. The summed E-state index contributed by atoms with van der Waals surface area (Å²) in [7, 11) is 3.63. The summed E-state index contributed by atoms with van der Waals surface area (Å²) in [6, 6.07) is 6.29. The summed E-state index contributed by atoms with van der Waals surface area (Å²) in [4.78, 5) is 30.4. The topological polar surface area (TPSA) is 67.7 Å². The summed E-state index contributed by atoms with van der Waals surface area (Å²) in [5.74, 6) is -0.980. The zero-order valence-electron chi connectivity index (χ0n) is 18.4. The van der Waals surface area contributed by atoms with Gasteiger partial charge in [0.2, 0.25) is 11.8 Å². The first-order chi connectivity index (χ1) is 14.8. The van der Waals surface area contributed by atoms with Crippen molar-refractivity contribution in [1.29, 1.82) is 0 Å². The number of amides is 2. The van der Waals surface area contributed by atoms with Crippen LogP contribution in [0.3, 0.4) is 0 Å². The minimum Gasteiger partial charge on any atom is -0.360 e. The number of benzene rings is 1. The van der Waals surface area contributed by atoms with Crippen LogP contribution in [0.15, 0.2) is 42.7 Å². The van der Waals surface area contributed by atoms with E-state index in [1.54, 1.807) is 22.8 Å². The number of rotatable bonds is 5. The molecule has 0 unspecified atom stereocenters. The van der Waals surface area contributed by atoms with Gasteiger partial charge in [-0.2, -0.15) is 5.10 Å². The van der Waals surface area contributed by atoms with Gasteiger partial charge >= 0.3 is 0 Å². The normalized spacial score (nSPS) is 28.5. The molecule has 5 rings (SSSR count). The van der Waals surface area contributed by atoms with Gasteiger partial charge in [-0.1, -0.05) is 30.4 Å². The first kappa shape index (κ1) is 20.0. The molecule has 0 aliphatic carbocycles. The quantitative estimate of drug-likeness (QED) is 0.694. The molecule has 1 aromatic carbocycles. The fraction of sp³-hybridized carbons (Fsp3) is 0.458. The zero-order valence-corrected chi connectivity index (χ0v) is 18.4. The van der Waals surface area contributed by atoms with Crippen molar-refractivity contribution in [2.75, 3.05) is 13.6 Å². The van der Waals surface area contributed by atoms with Gasteiger partial charge in [0.1, 0.15) is 5.60 Å². The molecular formula is C24H28N4O3. The van der Waals surface area contributed by atoms with Crippen molar-refractivity contribution < 1.29 is 14.3 Å². The molecule has 2 bridgehead atoms. The number of hydrogen-bond acceptors (Lipinski definition) is 4. The van der Waals surface area contributed by atoms with Gasteiger partial charge in [-0.15, -0.1) is 0 Å². The van der Waals surface area contributed by atoms with E-state index >= 15 is 0 Å². The Hall–Kier alpha value is -2.93. The predicted molar refractivity (Wildman–Crippen MR) is 115 cm³/mol. The highest BCUT2D eigenvalue weighted by Crippen LogP contribution is 2.52. The molecule has 2 saturated heterocycles. The Balaban J connectivity index is 1.35. The molecular weight excluding hydrogens is 392 g/mol. The number of aromatic nitrogens is 2. The summed E-state index contributed by atoms with van der Waals surface area (Å²) in [5.41, 5.74) is 3.82. The van der Waals surface area contributed by atoms with E-state index in [9.17, 15) is 9.59 Å². The maximum Gasteiger partial charge on any atom is 0.230 e. The average Bonchev–Trinajstić information content (AvgIpc) is 3.46. The molecule has 3 aliphatic rings. The SMILES string of the molecule is Cc1ccc(CN2C[C@]34C=C[C@H](O3)[C@H](C(=O)N(C)Cc3cnn(C)c3)[C@H]4C2=O)cc1C. The van der Waals surface area contributed by atoms with Crippen molar-refractivity contribution >= 4 is 11.8 Å². The molecule has 2 amide bonds. The van der Waals surface area contributed by atoms with Gasteiger partial charge in [0.25, 0.3) is 0 Å². The number of likely N-dealkylation sites (tertiary alicyclic amines) is 1. The molecule has 3 aliphatic heterocycles. The number of ether oxygens (including phenoxy) is 1. The van der Waals surface area contributed by atoms with Gasteiger partial charge in [-0.3, -0.25) is 14.3 Å². The van der Waals surface area contributed by atoms with Crippen LogP contribution < -0.4 is 0 Å². The van der Waals surface area contributed by atoms with Gasteiger partial charge in [0.05, 0.1) is 30.7 Å². The molecule has 31 heavy (non-hydrogen) atoms. The van der Waals surface area contributed by atoms with Crippen LogP contribution in [0.25, 0.3) is 0 Å². The molecule has 2 aromatic rings. The van der Waals surface area contributed by atoms with Crippen LogP contribution in [-0.4, -0.2) is 56.7 Å². The molecule has 7 nitrogen and oxygen atoms in total. The molecule has 0 N–H and O–H groups in total. The molecule has 0 radical (unpaired) electrons. The number of hydrogen-bond donors (Lipinski definition) is 0. The Labute approximate surface area is 182 Å². The van der Waals surface area contributed by atoms with Crippen LogP contribution in [0, 0.1) is 25.7 Å². The van der Waals surface area contributed by atoms with Crippen molar-refractivity contribution in [1.82, 2.24) is 19.6 Å². The Morgan fingerprint density at radius 1 is 1.29 bits per heavy atom. The first-order valence-electron chi connectivity index (χ1n) is 10.7. The Morgan fingerprint density at radius 2 is 2.10 bits per heavy atom. The number of carbonyl (C=O) groups is 2. The molecule has 162 valence electrons. The lowest BCUT2D eigenvalue weighted by atomic mass is 9.76. The van der Waals surface area contributed by atoms with E-state index in [1.165, 1.54) is 11.1 Å². The van der Waals surface area contributed by atoms with E-state index in [-0.39, 0.29) is 17.9 Å². The maximum atomic E-state index is 13.5. The summed E-state index contributed by atoms with van der Waals surface area (Å²) in [6.45, 7) is 5.65. The lowest BCUT2D eigenvalue weighted by molar-refractivity contribution is -0.142. The van der Waals surface area contributed by atoms with Crippen molar-refractivity contribution in [2.45, 2.75) is 38.6 Å². The molecule has 0 saturated carbocycles. The van der Waals surface area contributed by atoms with Crippen molar-refractivity contribution in [2.24, 2.45) is 18.9 Å². The van der Waals surface area contributed by atoms with E-state index in [0.29, 0.717) is 19.6 Å². The third-order valence-corrected chi connectivity index (χ3v) is 6.96. The van der Waals surface area contributed by atoms with Gasteiger partial charge in [-0.05, 0) is 30.5 Å². The first-order valence-corrected chi connectivity index (χ1v) is 10.7. The van der Waals surface area contributed by atoms with Crippen molar-refractivity contribution in [3.05, 3.63) is 65.0 Å². The molecule has 2 fully saturated rings. The Morgan fingerprint density at radius 3 is 2.81 bits per heavy atom. The van der Waals surface area contributed by atoms with Gasteiger partial charge in [-0.25, -0.2) is 0 Å². The Kier molecular flexibility index (Phi) is 4.55. The summed E-state index contributed by atoms with van der Waals surface area (Å²) in [5, 5.41) is 4.17. The summed E-state index contributed by atoms with van der Waals surface area (Å²) >= 11 is 0. The molecule has 7 heteroatoms. The second-order valence-electron chi connectivity index (χ2n) is 9.23. The average molecular weight is 421 g/mol. The third kappa shape index (κ3) is 3.19. The highest BCUT2D eigenvalue weighted by Gasteiger charge is 2.67. The fourth-order valence-electron chi connectivity index (χ4n) is 5.28. The summed E-state index contributed by atoms with van der Waals surface area (Å²) < 4.78 is 7.99. The third-order valence-electron chi connectivity index (χ3n) is 6.96. The van der Waals surface area contributed by atoms with Crippen molar-refractivity contribution in [3.8, 4) is 0 Å². The smallest absolute Gasteiger partial charge is 0.230 e. The van der Waals surface area contributed by atoms with Crippen molar-refractivity contribution in [3.63, 3.8) is 0 Å². The van der Waals surface area contributed by atoms with Crippen LogP contribution in [0.1, 0.15) is 22.3 Å². The van der Waals surface area contributed by atoms with Crippen LogP contribution in [0.5, 0.6) is 0 Å². The van der Waals surface area contributed by atoms with E-state index in [1.807, 2.05) is 30.3 Å². The number of fused-ring (bicyclic) bond motifs is 1. The molecule has 4 heterocycles. The number of nitrogens with zero attached hydrogens (tertiary/aromatic N) is 4. The van der Waals surface area contributed by atoms with Gasteiger partial charge in [0, 0.05) is 38.9 Å². The standard InChI is InChI=1S/C24H28N4O3/c1-15-5-6-17(9-16(15)2)13-28-14-24-8-7-19(31-24)20(21(24)23(28)30)22(29)26(3)11-18-10-25-27(4)12-18/h5-10,12,19-21H,11,13-14H2,1-4H3/t19-,20-,21-,24-/m0/s1. The lowest BCUT2D eigenvalue weighted by Crippen LogP contribution is -2.44. The number of aryl methyl sites for hydroxylation is 3. The molecule has 1 aromatic heterocycles. The fourth-order valence-corrected chi connectivity index (χ4v) is 5.28. The largest absolute Gasteiger partial charge is 0.360 e. The highest BCUT2D eigenvalue weighted by atomic mass is 16.5. The zero-order chi connectivity index (χ0) is 21.9. The highest BCUT2D eigenvalue weighted by molar-refractivity contribution is 5.93. The second kappa shape index (κ2) is 7.05. The second-order valence-corrected chi connectivity index (χ2v) is 9.23. The lowest BCUT2D eigenvalue weighted by Gasteiger charge is -2.27. The number of carbonyl (C=O) groups excluding carboxylic acids is 2. The minimum atomic E-state index is -0.684. The van der Waals surface area contributed by atoms with Crippen LogP contribution in [0.2, 0.25) is 0 Å². The van der Waals surface area contributed by atoms with Gasteiger partial charge < -0.3 is 14.5 Å². The van der Waals surface area contributed by atoms with Crippen LogP contribution >= 0.6 is 0 Å². The molecule has 4 atom stereocenters. The van der Waals surface area contributed by atoms with Crippen LogP contribution in [0.4, 0.5) is 0 Å². The van der Waals surface area contributed by atoms with E-state index in [2.05, 4.69) is 37.1 Å². The molecule has 1 spiro atoms. The van der Waals surface area contributed by atoms with E-state index in [0.717, 1.165) is 11.1 Å². The monoisotopic (exact) mass is 420 g/mol. The summed E-state index contributed by atoms with van der Waals surface area (Å²) in [6.07, 6.45) is 7.29. The van der Waals surface area contributed by atoms with E-state index in [4.69, 9.17) is 4.74 Å². The predicted octanol–water partition coefficient (Wildman–Crippen LogP) is 1.98. The van der Waals surface area contributed by atoms with Crippen LogP contribution in [-0.2, 0) is 34.5 Å².